The molecule has 18 heavy (non-hydrogen) atoms. The molecule has 2 aromatic rings. The van der Waals surface area contributed by atoms with Crippen LogP contribution in [0.5, 0.6) is 0 Å². The summed E-state index contributed by atoms with van der Waals surface area (Å²) in [5.41, 5.74) is 3.30. The molecule has 0 saturated heterocycles. The van der Waals surface area contributed by atoms with Crippen molar-refractivity contribution in [3.05, 3.63) is 34.0 Å². The summed E-state index contributed by atoms with van der Waals surface area (Å²) >= 11 is 6.35. The third-order valence-electron chi connectivity index (χ3n) is 3.21. The molecule has 0 spiro atoms. The Morgan fingerprint density at radius 2 is 2.06 bits per heavy atom. The fraction of sp³-hybridized carbons (Fsp3) is 0.467. The molecule has 0 aliphatic heterocycles. The van der Waals surface area contributed by atoms with Crippen LogP contribution in [0.1, 0.15) is 43.6 Å². The zero-order valence-corrected chi connectivity index (χ0v) is 12.2. The van der Waals surface area contributed by atoms with Crippen LogP contribution in [0.4, 0.5) is 0 Å². The number of benzene rings is 1. The zero-order chi connectivity index (χ0) is 13.3. The van der Waals surface area contributed by atoms with Gasteiger partial charge in [-0.2, -0.15) is 0 Å². The molecule has 0 fully saturated rings. The molecule has 1 N–H and O–H groups in total. The van der Waals surface area contributed by atoms with Crippen molar-refractivity contribution in [2.24, 2.45) is 0 Å². The van der Waals surface area contributed by atoms with E-state index in [2.05, 4.69) is 33.0 Å². The minimum Gasteiger partial charge on any atom is -0.459 e. The normalized spacial score (nSPS) is 11.7. The fourth-order valence-electron chi connectivity index (χ4n) is 2.34. The summed E-state index contributed by atoms with van der Waals surface area (Å²) in [5.74, 6) is 1.41. The number of hydrogen-bond donors (Lipinski definition) is 1. The Hall–Kier alpha value is -0.990. The number of aryl methyl sites for hydroxylation is 1. The molecule has 0 aliphatic rings. The number of furan rings is 1. The van der Waals surface area contributed by atoms with Gasteiger partial charge < -0.3 is 9.73 Å². The monoisotopic (exact) mass is 265 g/mol. The van der Waals surface area contributed by atoms with E-state index >= 15 is 0 Å². The van der Waals surface area contributed by atoms with Crippen LogP contribution in [0.15, 0.2) is 16.5 Å². The zero-order valence-electron chi connectivity index (χ0n) is 11.4. The van der Waals surface area contributed by atoms with E-state index in [9.17, 15) is 0 Å². The van der Waals surface area contributed by atoms with Crippen LogP contribution < -0.4 is 5.32 Å². The van der Waals surface area contributed by atoms with E-state index in [4.69, 9.17) is 16.0 Å². The summed E-state index contributed by atoms with van der Waals surface area (Å²) in [6.45, 7) is 10.2. The molecular weight excluding hydrogens is 246 g/mol. The van der Waals surface area contributed by atoms with Crippen molar-refractivity contribution in [2.75, 3.05) is 6.54 Å². The first-order chi connectivity index (χ1) is 8.56. The Balaban J connectivity index is 2.67. The molecule has 0 bridgehead atoms. The van der Waals surface area contributed by atoms with Crippen LogP contribution in [0.3, 0.4) is 0 Å². The Kier molecular flexibility index (Phi) is 3.98. The number of hydrogen-bond acceptors (Lipinski definition) is 2. The number of fused-ring (bicyclic) bond motifs is 1. The van der Waals surface area contributed by atoms with Gasteiger partial charge in [0, 0.05) is 10.9 Å². The highest BCUT2D eigenvalue weighted by molar-refractivity contribution is 6.35. The van der Waals surface area contributed by atoms with Crippen LogP contribution in [-0.4, -0.2) is 6.54 Å². The number of nitrogens with one attached hydrogen (secondary N) is 1. The molecule has 2 nitrogen and oxygen atoms in total. The molecule has 98 valence electrons. The van der Waals surface area contributed by atoms with E-state index in [0.29, 0.717) is 5.92 Å². The lowest BCUT2D eigenvalue weighted by molar-refractivity contribution is 0.509. The molecule has 3 heteroatoms. The average molecular weight is 266 g/mol. The quantitative estimate of drug-likeness (QED) is 0.872. The van der Waals surface area contributed by atoms with Gasteiger partial charge in [-0.3, -0.25) is 0 Å². The van der Waals surface area contributed by atoms with Crippen LogP contribution in [0.25, 0.3) is 11.0 Å². The summed E-state index contributed by atoms with van der Waals surface area (Å²) in [6, 6.07) is 3.97. The fourth-order valence-corrected chi connectivity index (χ4v) is 2.59. The first-order valence-electron chi connectivity index (χ1n) is 6.47. The third kappa shape index (κ3) is 2.27. The molecule has 0 atom stereocenters. The van der Waals surface area contributed by atoms with Crippen molar-refractivity contribution in [2.45, 2.75) is 40.2 Å². The molecule has 0 unspecified atom stereocenters. The average Bonchev–Trinajstić information content (AvgIpc) is 2.72. The first-order valence-corrected chi connectivity index (χ1v) is 6.85. The third-order valence-corrected chi connectivity index (χ3v) is 3.53. The largest absolute Gasteiger partial charge is 0.459 e. The SMILES string of the molecule is CCNCc1oc2c(C)ccc(Cl)c2c1C(C)C. The molecule has 1 aromatic carbocycles. The Labute approximate surface area is 113 Å². The molecule has 0 amide bonds. The number of halogens is 1. The summed E-state index contributed by atoms with van der Waals surface area (Å²) < 4.78 is 6.03. The summed E-state index contributed by atoms with van der Waals surface area (Å²) in [5, 5.41) is 5.19. The van der Waals surface area contributed by atoms with E-state index in [1.165, 1.54) is 5.56 Å². The van der Waals surface area contributed by atoms with Gasteiger partial charge in [0.2, 0.25) is 0 Å². The maximum absolute atomic E-state index is 6.35. The van der Waals surface area contributed by atoms with Gasteiger partial charge in [-0.25, -0.2) is 0 Å². The smallest absolute Gasteiger partial charge is 0.139 e. The van der Waals surface area contributed by atoms with E-state index < -0.39 is 0 Å². The summed E-state index contributed by atoms with van der Waals surface area (Å²) in [6.07, 6.45) is 0. The number of rotatable bonds is 4. The molecule has 0 aliphatic carbocycles. The van der Waals surface area contributed by atoms with Crippen molar-refractivity contribution in [3.8, 4) is 0 Å². The summed E-state index contributed by atoms with van der Waals surface area (Å²) in [7, 11) is 0. The van der Waals surface area contributed by atoms with Gasteiger partial charge in [-0.1, -0.05) is 38.4 Å². The highest BCUT2D eigenvalue weighted by Gasteiger charge is 2.19. The van der Waals surface area contributed by atoms with E-state index in [1.807, 2.05) is 12.1 Å². The van der Waals surface area contributed by atoms with Crippen molar-refractivity contribution in [3.63, 3.8) is 0 Å². The van der Waals surface area contributed by atoms with Crippen molar-refractivity contribution in [1.82, 2.24) is 5.32 Å². The predicted octanol–water partition coefficient (Wildman–Crippen LogP) is 4.63. The lowest BCUT2D eigenvalue weighted by Gasteiger charge is -2.07. The van der Waals surface area contributed by atoms with Gasteiger partial charge in [0.05, 0.1) is 11.6 Å². The molecule has 1 heterocycles. The molecule has 0 radical (unpaired) electrons. The lowest BCUT2D eigenvalue weighted by atomic mass is 9.98. The summed E-state index contributed by atoms with van der Waals surface area (Å²) in [4.78, 5) is 0. The molecular formula is C15H20ClNO. The van der Waals surface area contributed by atoms with Gasteiger partial charge in [0.1, 0.15) is 11.3 Å². The highest BCUT2D eigenvalue weighted by Crippen LogP contribution is 2.37. The minimum absolute atomic E-state index is 0.402. The van der Waals surface area contributed by atoms with Gasteiger partial charge in [0.25, 0.3) is 0 Å². The van der Waals surface area contributed by atoms with E-state index in [0.717, 1.165) is 40.4 Å². The second-order valence-electron chi connectivity index (χ2n) is 4.94. The van der Waals surface area contributed by atoms with Gasteiger partial charge in [0.15, 0.2) is 0 Å². The second kappa shape index (κ2) is 5.33. The maximum Gasteiger partial charge on any atom is 0.139 e. The Morgan fingerprint density at radius 3 is 2.67 bits per heavy atom. The van der Waals surface area contributed by atoms with Gasteiger partial charge in [-0.15, -0.1) is 0 Å². The van der Waals surface area contributed by atoms with E-state index in [1.54, 1.807) is 0 Å². The lowest BCUT2D eigenvalue weighted by Crippen LogP contribution is -2.12. The predicted molar refractivity (Wildman–Crippen MR) is 77.4 cm³/mol. The van der Waals surface area contributed by atoms with E-state index in [-0.39, 0.29) is 0 Å². The van der Waals surface area contributed by atoms with Crippen LogP contribution in [-0.2, 0) is 6.54 Å². The molecule has 1 aromatic heterocycles. The van der Waals surface area contributed by atoms with Crippen LogP contribution in [0, 0.1) is 6.92 Å². The van der Waals surface area contributed by atoms with Gasteiger partial charge in [-0.05, 0) is 31.0 Å². The van der Waals surface area contributed by atoms with Crippen LogP contribution >= 0.6 is 11.6 Å². The molecule has 2 rings (SSSR count). The van der Waals surface area contributed by atoms with Crippen molar-refractivity contribution >= 4 is 22.6 Å². The Morgan fingerprint density at radius 1 is 1.33 bits per heavy atom. The Bertz CT molecular complexity index is 557. The maximum atomic E-state index is 6.35. The van der Waals surface area contributed by atoms with Crippen LogP contribution in [0.2, 0.25) is 5.02 Å². The topological polar surface area (TPSA) is 25.2 Å². The van der Waals surface area contributed by atoms with Crippen molar-refractivity contribution in [1.29, 1.82) is 0 Å². The van der Waals surface area contributed by atoms with Crippen molar-refractivity contribution < 1.29 is 4.42 Å². The minimum atomic E-state index is 0.402. The molecule has 0 saturated carbocycles. The first kappa shape index (κ1) is 13.4. The second-order valence-corrected chi connectivity index (χ2v) is 5.35. The highest BCUT2D eigenvalue weighted by atomic mass is 35.5. The standard InChI is InChI=1S/C15H20ClNO/c1-5-17-8-12-13(9(2)3)14-11(16)7-6-10(4)15(14)18-12/h6-7,9,17H,5,8H2,1-4H3. The van der Waals surface area contributed by atoms with Gasteiger partial charge >= 0.3 is 0 Å².